The molecule has 0 amide bonds. The zero-order valence-electron chi connectivity index (χ0n) is 8.62. The van der Waals surface area contributed by atoms with Crippen molar-refractivity contribution in [3.63, 3.8) is 0 Å². The molecule has 2 rings (SSSR count). The molecule has 0 aliphatic rings. The first-order valence-corrected chi connectivity index (χ1v) is 4.69. The Morgan fingerprint density at radius 1 is 1.44 bits per heavy atom. The number of hydrogen-bond donors (Lipinski definition) is 0. The van der Waals surface area contributed by atoms with Crippen LogP contribution in [0.3, 0.4) is 0 Å². The Bertz CT molecular complexity index is 532. The van der Waals surface area contributed by atoms with Gasteiger partial charge in [-0.3, -0.25) is 9.59 Å². The largest absolute Gasteiger partial charge is 0.296 e. The van der Waals surface area contributed by atoms with Gasteiger partial charge in [0.05, 0.1) is 5.69 Å². The van der Waals surface area contributed by atoms with E-state index in [0.717, 1.165) is 0 Å². The van der Waals surface area contributed by atoms with Crippen LogP contribution in [0, 0.1) is 0 Å². The van der Waals surface area contributed by atoms with Gasteiger partial charge in [-0.1, -0.05) is 0 Å². The summed E-state index contributed by atoms with van der Waals surface area (Å²) in [6.07, 6.45) is 3.93. The maximum absolute atomic E-state index is 11.4. The summed E-state index contributed by atoms with van der Waals surface area (Å²) >= 11 is 0. The number of Topliss-reactive ketones (excluding diaryl/α,β-unsaturated/α-hetero) is 1. The van der Waals surface area contributed by atoms with Gasteiger partial charge in [-0.2, -0.15) is 5.10 Å². The summed E-state index contributed by atoms with van der Waals surface area (Å²) < 4.78 is 1.54. The summed E-state index contributed by atoms with van der Waals surface area (Å²) in [6, 6.07) is 4.95. The number of rotatable bonds is 3. The molecule has 5 heteroatoms. The minimum atomic E-state index is -0.200. The van der Waals surface area contributed by atoms with Gasteiger partial charge >= 0.3 is 0 Å². The molecule has 0 unspecified atom stereocenters. The lowest BCUT2D eigenvalue weighted by atomic mass is 10.2. The molecule has 0 aliphatic carbocycles. The van der Waals surface area contributed by atoms with Gasteiger partial charge in [-0.05, 0) is 18.2 Å². The van der Waals surface area contributed by atoms with Crippen LogP contribution in [0.5, 0.6) is 0 Å². The molecule has 0 bridgehead atoms. The van der Waals surface area contributed by atoms with Gasteiger partial charge in [-0.25, -0.2) is 9.67 Å². The lowest BCUT2D eigenvalue weighted by molar-refractivity contribution is 0.101. The summed E-state index contributed by atoms with van der Waals surface area (Å²) in [5, 5.41) is 4.02. The van der Waals surface area contributed by atoms with E-state index in [-0.39, 0.29) is 17.2 Å². The normalized spacial score (nSPS) is 10.1. The third kappa shape index (κ3) is 1.75. The first-order valence-electron chi connectivity index (χ1n) is 4.69. The lowest BCUT2D eigenvalue weighted by Gasteiger charge is -2.06. The Labute approximate surface area is 91.7 Å². The van der Waals surface area contributed by atoms with Crippen LogP contribution in [0.1, 0.15) is 27.9 Å². The van der Waals surface area contributed by atoms with Crippen LogP contribution in [-0.4, -0.2) is 26.8 Å². The Morgan fingerprint density at radius 2 is 2.25 bits per heavy atom. The molecule has 5 nitrogen and oxygen atoms in total. The SMILES string of the molecule is CC(=O)c1nc(C=O)ccc1-n1cccn1. The molecule has 0 saturated heterocycles. The van der Waals surface area contributed by atoms with Crippen molar-refractivity contribution in [1.82, 2.24) is 14.8 Å². The highest BCUT2D eigenvalue weighted by atomic mass is 16.1. The molecule has 0 N–H and O–H groups in total. The van der Waals surface area contributed by atoms with E-state index in [0.29, 0.717) is 12.0 Å². The fourth-order valence-electron chi connectivity index (χ4n) is 1.39. The second-order valence-corrected chi connectivity index (χ2v) is 3.23. The van der Waals surface area contributed by atoms with Gasteiger partial charge in [0.1, 0.15) is 11.4 Å². The van der Waals surface area contributed by atoms with Crippen LogP contribution in [0.25, 0.3) is 5.69 Å². The Kier molecular flexibility index (Phi) is 2.59. The molecule has 2 aromatic heterocycles. The number of carbonyl (C=O) groups excluding carboxylic acids is 2. The second kappa shape index (κ2) is 4.06. The molecule has 2 aromatic rings. The van der Waals surface area contributed by atoms with Crippen molar-refractivity contribution in [2.75, 3.05) is 0 Å². The fourth-order valence-corrected chi connectivity index (χ4v) is 1.39. The van der Waals surface area contributed by atoms with Gasteiger partial charge < -0.3 is 0 Å². The van der Waals surface area contributed by atoms with Crippen molar-refractivity contribution in [2.24, 2.45) is 0 Å². The van der Waals surface area contributed by atoms with Crippen molar-refractivity contribution in [1.29, 1.82) is 0 Å². The number of aldehydes is 1. The van der Waals surface area contributed by atoms with Crippen LogP contribution in [0.15, 0.2) is 30.6 Å². The van der Waals surface area contributed by atoms with Gasteiger partial charge in [0.25, 0.3) is 0 Å². The monoisotopic (exact) mass is 215 g/mol. The molecular weight excluding hydrogens is 206 g/mol. The summed E-state index contributed by atoms with van der Waals surface area (Å²) in [4.78, 5) is 26.0. The molecule has 0 radical (unpaired) electrons. The summed E-state index contributed by atoms with van der Waals surface area (Å²) in [5.74, 6) is -0.200. The molecule has 80 valence electrons. The van der Waals surface area contributed by atoms with Crippen LogP contribution >= 0.6 is 0 Å². The van der Waals surface area contributed by atoms with Gasteiger partial charge in [-0.15, -0.1) is 0 Å². The smallest absolute Gasteiger partial charge is 0.180 e. The summed E-state index contributed by atoms with van der Waals surface area (Å²) in [6.45, 7) is 1.41. The first-order chi connectivity index (χ1) is 7.72. The first kappa shape index (κ1) is 10.2. The molecule has 0 aromatic carbocycles. The lowest BCUT2D eigenvalue weighted by Crippen LogP contribution is -2.08. The predicted octanol–water partition coefficient (Wildman–Crippen LogP) is 1.28. The number of aromatic nitrogens is 3. The van der Waals surface area contributed by atoms with E-state index in [2.05, 4.69) is 10.1 Å². The fraction of sp³-hybridized carbons (Fsp3) is 0.0909. The maximum Gasteiger partial charge on any atom is 0.180 e. The van der Waals surface area contributed by atoms with Crippen LogP contribution in [0.2, 0.25) is 0 Å². The van der Waals surface area contributed by atoms with Crippen molar-refractivity contribution < 1.29 is 9.59 Å². The Morgan fingerprint density at radius 3 is 2.81 bits per heavy atom. The zero-order valence-corrected chi connectivity index (χ0v) is 8.62. The minimum Gasteiger partial charge on any atom is -0.296 e. The van der Waals surface area contributed by atoms with Crippen molar-refractivity contribution >= 4 is 12.1 Å². The topological polar surface area (TPSA) is 64.8 Å². The van der Waals surface area contributed by atoms with Crippen molar-refractivity contribution in [2.45, 2.75) is 6.92 Å². The molecule has 0 fully saturated rings. The van der Waals surface area contributed by atoms with Crippen LogP contribution in [0.4, 0.5) is 0 Å². The van der Waals surface area contributed by atoms with E-state index in [9.17, 15) is 9.59 Å². The molecular formula is C11H9N3O2. The average Bonchev–Trinajstić information content (AvgIpc) is 2.81. The van der Waals surface area contributed by atoms with Crippen LogP contribution < -0.4 is 0 Å². The maximum atomic E-state index is 11.4. The highest BCUT2D eigenvalue weighted by molar-refractivity contribution is 5.96. The number of carbonyl (C=O) groups is 2. The molecule has 0 atom stereocenters. The van der Waals surface area contributed by atoms with Gasteiger partial charge in [0.2, 0.25) is 0 Å². The Hall–Kier alpha value is -2.30. The molecule has 0 spiro atoms. The predicted molar refractivity (Wildman–Crippen MR) is 56.8 cm³/mol. The molecule has 16 heavy (non-hydrogen) atoms. The minimum absolute atomic E-state index is 0.200. The standard InChI is InChI=1S/C11H9N3O2/c1-8(16)11-10(14-6-2-5-12-14)4-3-9(7-15)13-11/h2-7H,1H3. The van der Waals surface area contributed by atoms with Crippen molar-refractivity contribution in [3.8, 4) is 5.69 Å². The molecule has 0 aliphatic heterocycles. The van der Waals surface area contributed by atoms with Gasteiger partial charge in [0.15, 0.2) is 12.1 Å². The average molecular weight is 215 g/mol. The number of hydrogen-bond acceptors (Lipinski definition) is 4. The van der Waals surface area contributed by atoms with E-state index < -0.39 is 0 Å². The molecule has 0 saturated carbocycles. The van der Waals surface area contributed by atoms with Crippen molar-refractivity contribution in [3.05, 3.63) is 42.0 Å². The van der Waals surface area contributed by atoms with E-state index in [1.807, 2.05) is 0 Å². The van der Waals surface area contributed by atoms with Gasteiger partial charge in [0, 0.05) is 19.3 Å². The number of pyridine rings is 1. The quantitative estimate of drug-likeness (QED) is 0.571. The Balaban J connectivity index is 2.61. The third-order valence-electron chi connectivity index (χ3n) is 2.10. The molecule has 2 heterocycles. The zero-order chi connectivity index (χ0) is 11.5. The number of ketones is 1. The van der Waals surface area contributed by atoms with E-state index in [1.54, 1.807) is 30.6 Å². The van der Waals surface area contributed by atoms with Crippen LogP contribution in [-0.2, 0) is 0 Å². The van der Waals surface area contributed by atoms with E-state index in [4.69, 9.17) is 0 Å². The highest BCUT2D eigenvalue weighted by Gasteiger charge is 2.11. The summed E-state index contributed by atoms with van der Waals surface area (Å²) in [7, 11) is 0. The third-order valence-corrected chi connectivity index (χ3v) is 2.10. The highest BCUT2D eigenvalue weighted by Crippen LogP contribution is 2.12. The number of nitrogens with zero attached hydrogens (tertiary/aromatic N) is 3. The second-order valence-electron chi connectivity index (χ2n) is 3.23. The van der Waals surface area contributed by atoms with E-state index in [1.165, 1.54) is 11.6 Å². The summed E-state index contributed by atoms with van der Waals surface area (Å²) in [5.41, 5.74) is 1.05. The van der Waals surface area contributed by atoms with E-state index >= 15 is 0 Å².